The van der Waals surface area contributed by atoms with E-state index in [1.807, 2.05) is 0 Å². The zero-order valence-electron chi connectivity index (χ0n) is 11.9. The molecule has 0 aliphatic rings. The second-order valence-corrected chi connectivity index (χ2v) is 6.68. The van der Waals surface area contributed by atoms with Crippen LogP contribution in [0.4, 0.5) is 5.69 Å². The number of likely N-dealkylation sites (N-methyl/N-ethyl adjacent to an activating group) is 1. The van der Waals surface area contributed by atoms with Crippen LogP contribution in [-0.2, 0) is 14.8 Å². The van der Waals surface area contributed by atoms with Gasteiger partial charge < -0.3 is 4.74 Å². The minimum absolute atomic E-state index is 0.105. The Labute approximate surface area is 128 Å². The summed E-state index contributed by atoms with van der Waals surface area (Å²) in [7, 11) is -2.38. The van der Waals surface area contributed by atoms with Gasteiger partial charge in [-0.1, -0.05) is 18.5 Å². The number of sulfonamides is 1. The van der Waals surface area contributed by atoms with E-state index in [1.165, 1.54) is 23.5 Å². The highest BCUT2D eigenvalue weighted by Crippen LogP contribution is 2.29. The minimum atomic E-state index is -3.86. The predicted molar refractivity (Wildman–Crippen MR) is 79.0 cm³/mol. The van der Waals surface area contributed by atoms with Gasteiger partial charge in [0.25, 0.3) is 5.69 Å². The quantitative estimate of drug-likeness (QED) is 0.563. The first-order valence-corrected chi connectivity index (χ1v) is 8.02. The predicted octanol–water partition coefficient (Wildman–Crippen LogP) is 2.29. The number of hydrogen-bond acceptors (Lipinski definition) is 5. The van der Waals surface area contributed by atoms with Crippen LogP contribution in [0.3, 0.4) is 0 Å². The molecule has 1 rings (SSSR count). The smallest absolute Gasteiger partial charge is 0.289 e. The van der Waals surface area contributed by atoms with E-state index in [0.29, 0.717) is 0 Å². The summed E-state index contributed by atoms with van der Waals surface area (Å²) in [5.41, 5.74) is -0.437. The summed E-state index contributed by atoms with van der Waals surface area (Å²) in [4.78, 5) is 9.99. The highest BCUT2D eigenvalue weighted by atomic mass is 35.5. The second-order valence-electron chi connectivity index (χ2n) is 4.38. The molecule has 9 heteroatoms. The van der Waals surface area contributed by atoms with E-state index in [-0.39, 0.29) is 29.1 Å². The standard InChI is InChI=1S/C12H17ClN2O5S/c1-4-14(9(2)8-20-3)21(18,19)10-5-6-11(13)12(7-10)15(16)17/h5-7,9H,4,8H2,1-3H3. The Morgan fingerprint density at radius 2 is 2.10 bits per heavy atom. The van der Waals surface area contributed by atoms with Gasteiger partial charge in [-0.25, -0.2) is 8.42 Å². The molecule has 0 aliphatic carbocycles. The van der Waals surface area contributed by atoms with Crippen LogP contribution in [0.25, 0.3) is 0 Å². The van der Waals surface area contributed by atoms with E-state index >= 15 is 0 Å². The van der Waals surface area contributed by atoms with Crippen molar-refractivity contribution in [2.75, 3.05) is 20.3 Å². The molecule has 0 N–H and O–H groups in total. The van der Waals surface area contributed by atoms with Gasteiger partial charge in [-0.15, -0.1) is 0 Å². The van der Waals surface area contributed by atoms with Gasteiger partial charge in [0.2, 0.25) is 10.0 Å². The molecule has 0 fully saturated rings. The summed E-state index contributed by atoms with van der Waals surface area (Å²) in [6.45, 7) is 3.84. The molecule has 1 unspecified atom stereocenters. The molecule has 0 aromatic heterocycles. The fraction of sp³-hybridized carbons (Fsp3) is 0.500. The van der Waals surface area contributed by atoms with Crippen LogP contribution in [0, 0.1) is 10.1 Å². The average molecular weight is 337 g/mol. The van der Waals surface area contributed by atoms with Crippen LogP contribution in [0.15, 0.2) is 23.1 Å². The summed E-state index contributed by atoms with van der Waals surface area (Å²) in [5, 5.41) is 10.8. The van der Waals surface area contributed by atoms with Crippen LogP contribution in [0.5, 0.6) is 0 Å². The minimum Gasteiger partial charge on any atom is -0.383 e. The summed E-state index contributed by atoms with van der Waals surface area (Å²) < 4.78 is 31.3. The molecule has 0 saturated heterocycles. The molecule has 0 aliphatic heterocycles. The molecule has 1 atom stereocenters. The van der Waals surface area contributed by atoms with E-state index < -0.39 is 20.6 Å². The number of rotatable bonds is 7. The molecular formula is C12H17ClN2O5S. The van der Waals surface area contributed by atoms with Crippen LogP contribution >= 0.6 is 11.6 Å². The van der Waals surface area contributed by atoms with Crippen LogP contribution in [0.1, 0.15) is 13.8 Å². The zero-order valence-corrected chi connectivity index (χ0v) is 13.5. The Bertz CT molecular complexity index is 620. The lowest BCUT2D eigenvalue weighted by molar-refractivity contribution is -0.384. The monoisotopic (exact) mass is 336 g/mol. The number of halogens is 1. The van der Waals surface area contributed by atoms with Crippen molar-refractivity contribution in [3.8, 4) is 0 Å². The van der Waals surface area contributed by atoms with Crippen molar-refractivity contribution in [1.29, 1.82) is 0 Å². The molecule has 0 spiro atoms. The van der Waals surface area contributed by atoms with Crippen molar-refractivity contribution < 1.29 is 18.1 Å². The van der Waals surface area contributed by atoms with Crippen molar-refractivity contribution in [2.45, 2.75) is 24.8 Å². The van der Waals surface area contributed by atoms with Crippen molar-refractivity contribution >= 4 is 27.3 Å². The van der Waals surface area contributed by atoms with Crippen LogP contribution in [-0.4, -0.2) is 43.9 Å². The van der Waals surface area contributed by atoms with Crippen molar-refractivity contribution in [1.82, 2.24) is 4.31 Å². The van der Waals surface area contributed by atoms with Gasteiger partial charge in [-0.2, -0.15) is 4.31 Å². The lowest BCUT2D eigenvalue weighted by Gasteiger charge is -2.26. The third-order valence-electron chi connectivity index (χ3n) is 2.93. The third kappa shape index (κ3) is 3.91. The molecule has 0 heterocycles. The summed E-state index contributed by atoms with van der Waals surface area (Å²) in [5.74, 6) is 0. The molecule has 0 bridgehead atoms. The second kappa shape index (κ2) is 7.17. The molecule has 1 aromatic carbocycles. The van der Waals surface area contributed by atoms with E-state index in [2.05, 4.69) is 0 Å². The van der Waals surface area contributed by atoms with E-state index in [1.54, 1.807) is 13.8 Å². The molecule has 118 valence electrons. The Morgan fingerprint density at radius 3 is 2.57 bits per heavy atom. The topological polar surface area (TPSA) is 89.8 Å². The van der Waals surface area contributed by atoms with Crippen LogP contribution in [0.2, 0.25) is 5.02 Å². The number of nitro groups is 1. The molecule has 0 saturated carbocycles. The number of nitro benzene ring substituents is 1. The van der Waals surface area contributed by atoms with Gasteiger partial charge in [0.15, 0.2) is 0 Å². The Balaban J connectivity index is 3.29. The lowest BCUT2D eigenvalue weighted by Crippen LogP contribution is -2.40. The maximum Gasteiger partial charge on any atom is 0.289 e. The van der Waals surface area contributed by atoms with Gasteiger partial charge in [0.1, 0.15) is 5.02 Å². The number of hydrogen-bond donors (Lipinski definition) is 0. The van der Waals surface area contributed by atoms with Gasteiger partial charge in [-0.05, 0) is 19.1 Å². The number of nitrogens with zero attached hydrogens (tertiary/aromatic N) is 2. The fourth-order valence-electron chi connectivity index (χ4n) is 1.97. The molecule has 0 radical (unpaired) electrons. The van der Waals surface area contributed by atoms with Gasteiger partial charge >= 0.3 is 0 Å². The summed E-state index contributed by atoms with van der Waals surface area (Å²) >= 11 is 5.70. The third-order valence-corrected chi connectivity index (χ3v) is 5.34. The van der Waals surface area contributed by atoms with Crippen molar-refractivity contribution in [2.24, 2.45) is 0 Å². The van der Waals surface area contributed by atoms with Crippen molar-refractivity contribution in [3.63, 3.8) is 0 Å². The molecule has 1 aromatic rings. The van der Waals surface area contributed by atoms with E-state index in [4.69, 9.17) is 16.3 Å². The maximum absolute atomic E-state index is 12.6. The average Bonchev–Trinajstić information content (AvgIpc) is 2.39. The largest absolute Gasteiger partial charge is 0.383 e. The first kappa shape index (κ1) is 17.8. The Morgan fingerprint density at radius 1 is 1.48 bits per heavy atom. The molecule has 7 nitrogen and oxygen atoms in total. The molecule has 21 heavy (non-hydrogen) atoms. The number of ether oxygens (including phenoxy) is 1. The van der Waals surface area contributed by atoms with E-state index in [0.717, 1.165) is 6.07 Å². The highest BCUT2D eigenvalue weighted by molar-refractivity contribution is 7.89. The first-order valence-electron chi connectivity index (χ1n) is 6.20. The fourth-order valence-corrected chi connectivity index (χ4v) is 3.80. The van der Waals surface area contributed by atoms with Gasteiger partial charge in [0.05, 0.1) is 16.4 Å². The number of benzene rings is 1. The lowest BCUT2D eigenvalue weighted by atomic mass is 10.3. The van der Waals surface area contributed by atoms with Gasteiger partial charge in [0, 0.05) is 25.8 Å². The summed E-state index contributed by atoms with van der Waals surface area (Å²) in [6, 6.07) is 3.05. The maximum atomic E-state index is 12.6. The van der Waals surface area contributed by atoms with Crippen molar-refractivity contribution in [3.05, 3.63) is 33.3 Å². The molecular weight excluding hydrogens is 320 g/mol. The normalized spacial score (nSPS) is 13.4. The first-order chi connectivity index (χ1) is 9.75. The van der Waals surface area contributed by atoms with Gasteiger partial charge in [-0.3, -0.25) is 10.1 Å². The number of methoxy groups -OCH3 is 1. The Kier molecular flexibility index (Phi) is 6.09. The molecule has 0 amide bonds. The van der Waals surface area contributed by atoms with E-state index in [9.17, 15) is 18.5 Å². The SMILES string of the molecule is CCN(C(C)COC)S(=O)(=O)c1ccc(Cl)c([N+](=O)[O-])c1. The summed E-state index contributed by atoms with van der Waals surface area (Å²) in [6.07, 6.45) is 0. The zero-order chi connectivity index (χ0) is 16.2. The Hall–Kier alpha value is -1.22. The van der Waals surface area contributed by atoms with Crippen LogP contribution < -0.4 is 0 Å². The highest BCUT2D eigenvalue weighted by Gasteiger charge is 2.29.